The summed E-state index contributed by atoms with van der Waals surface area (Å²) in [5.74, 6) is 0.880. The third-order valence-electron chi connectivity index (χ3n) is 3.74. The molecule has 0 aliphatic rings. The van der Waals surface area contributed by atoms with Gasteiger partial charge in [0.25, 0.3) is 0 Å². The number of carbonyl (C=O) groups is 1. The number of anilines is 1. The molecule has 0 unspecified atom stereocenters. The molecule has 0 saturated heterocycles. The maximum atomic E-state index is 12.2. The summed E-state index contributed by atoms with van der Waals surface area (Å²) in [4.78, 5) is 12.2. The van der Waals surface area contributed by atoms with Gasteiger partial charge in [-0.25, -0.2) is 0 Å². The summed E-state index contributed by atoms with van der Waals surface area (Å²) in [5, 5.41) is 3.03. The fourth-order valence-electron chi connectivity index (χ4n) is 2.63. The van der Waals surface area contributed by atoms with E-state index in [1.807, 2.05) is 38.1 Å². The first-order valence-corrected chi connectivity index (χ1v) is 7.50. The van der Waals surface area contributed by atoms with E-state index in [1.165, 1.54) is 5.56 Å². The number of rotatable bonds is 5. The fraction of sp³-hybridized carbons (Fsp3) is 0.316. The molecule has 2 rings (SSSR count). The van der Waals surface area contributed by atoms with Crippen molar-refractivity contribution in [3.8, 4) is 5.75 Å². The predicted octanol–water partition coefficient (Wildman–Crippen LogP) is 4.19. The van der Waals surface area contributed by atoms with Crippen LogP contribution in [0.4, 0.5) is 5.69 Å². The highest BCUT2D eigenvalue weighted by Gasteiger charge is 2.08. The van der Waals surface area contributed by atoms with E-state index >= 15 is 0 Å². The summed E-state index contributed by atoms with van der Waals surface area (Å²) in [7, 11) is 1.65. The Labute approximate surface area is 132 Å². The van der Waals surface area contributed by atoms with Crippen LogP contribution in [0.3, 0.4) is 0 Å². The van der Waals surface area contributed by atoms with E-state index in [9.17, 15) is 4.79 Å². The maximum Gasteiger partial charge on any atom is 0.224 e. The summed E-state index contributed by atoms with van der Waals surface area (Å²) in [6.45, 7) is 6.12. The van der Waals surface area contributed by atoms with Crippen LogP contribution in [0, 0.1) is 20.8 Å². The van der Waals surface area contributed by atoms with E-state index in [0.29, 0.717) is 6.42 Å². The normalized spacial score (nSPS) is 10.4. The lowest BCUT2D eigenvalue weighted by Crippen LogP contribution is -2.14. The second kappa shape index (κ2) is 7.12. The molecule has 0 radical (unpaired) electrons. The molecule has 0 heterocycles. The number of amides is 1. The van der Waals surface area contributed by atoms with Crippen molar-refractivity contribution >= 4 is 11.6 Å². The Bertz CT molecular complexity index is 637. The molecule has 2 aromatic carbocycles. The third kappa shape index (κ3) is 4.10. The molecule has 0 spiro atoms. The number of hydrogen-bond donors (Lipinski definition) is 1. The van der Waals surface area contributed by atoms with Gasteiger partial charge in [-0.2, -0.15) is 0 Å². The zero-order chi connectivity index (χ0) is 16.1. The molecule has 3 nitrogen and oxygen atoms in total. The molecule has 0 fully saturated rings. The van der Waals surface area contributed by atoms with Crippen molar-refractivity contribution in [2.75, 3.05) is 12.4 Å². The smallest absolute Gasteiger partial charge is 0.224 e. The van der Waals surface area contributed by atoms with E-state index in [-0.39, 0.29) is 5.91 Å². The molecule has 0 aromatic heterocycles. The van der Waals surface area contributed by atoms with Gasteiger partial charge < -0.3 is 10.1 Å². The van der Waals surface area contributed by atoms with Gasteiger partial charge >= 0.3 is 0 Å². The van der Waals surface area contributed by atoms with Crippen LogP contribution < -0.4 is 10.1 Å². The second-order valence-electron chi connectivity index (χ2n) is 5.67. The lowest BCUT2D eigenvalue weighted by molar-refractivity contribution is -0.116. The highest BCUT2D eigenvalue weighted by Crippen LogP contribution is 2.22. The van der Waals surface area contributed by atoms with Gasteiger partial charge in [-0.1, -0.05) is 29.8 Å². The summed E-state index contributed by atoms with van der Waals surface area (Å²) < 4.78 is 5.13. The van der Waals surface area contributed by atoms with Gasteiger partial charge in [-0.05, 0) is 56.0 Å². The average Bonchev–Trinajstić information content (AvgIpc) is 2.49. The van der Waals surface area contributed by atoms with Crippen LogP contribution in [0.2, 0.25) is 0 Å². The number of methoxy groups -OCH3 is 1. The molecule has 2 aromatic rings. The topological polar surface area (TPSA) is 38.3 Å². The molecular weight excluding hydrogens is 274 g/mol. The maximum absolute atomic E-state index is 12.2. The quantitative estimate of drug-likeness (QED) is 0.898. The van der Waals surface area contributed by atoms with Crippen molar-refractivity contribution in [1.82, 2.24) is 0 Å². The van der Waals surface area contributed by atoms with Crippen LogP contribution in [0.25, 0.3) is 0 Å². The predicted molar refractivity (Wildman–Crippen MR) is 90.6 cm³/mol. The van der Waals surface area contributed by atoms with Crippen molar-refractivity contribution in [2.45, 2.75) is 33.6 Å². The molecular formula is C19H23NO2. The van der Waals surface area contributed by atoms with Gasteiger partial charge in [0.1, 0.15) is 5.75 Å². The SMILES string of the molecule is COc1ccc(CCC(=O)Nc2c(C)cc(C)cc2C)cc1. The fourth-order valence-corrected chi connectivity index (χ4v) is 2.63. The molecule has 1 N–H and O–H groups in total. The lowest BCUT2D eigenvalue weighted by atomic mass is 10.0. The Kier molecular flexibility index (Phi) is 5.21. The first-order chi connectivity index (χ1) is 10.5. The standard InChI is InChI=1S/C19H23NO2/c1-13-11-14(2)19(15(3)12-13)20-18(21)10-7-16-5-8-17(22-4)9-6-16/h5-6,8-9,11-12H,7,10H2,1-4H3,(H,20,21). The molecule has 0 aliphatic carbocycles. The zero-order valence-corrected chi connectivity index (χ0v) is 13.7. The number of nitrogens with one attached hydrogen (secondary N) is 1. The number of ether oxygens (including phenoxy) is 1. The van der Waals surface area contributed by atoms with Crippen molar-refractivity contribution in [2.24, 2.45) is 0 Å². The highest BCUT2D eigenvalue weighted by atomic mass is 16.5. The van der Waals surface area contributed by atoms with E-state index in [4.69, 9.17) is 4.74 Å². The van der Waals surface area contributed by atoms with Crippen molar-refractivity contribution in [1.29, 1.82) is 0 Å². The summed E-state index contributed by atoms with van der Waals surface area (Å²) in [6.07, 6.45) is 1.19. The summed E-state index contributed by atoms with van der Waals surface area (Å²) >= 11 is 0. The van der Waals surface area contributed by atoms with Crippen LogP contribution in [0.5, 0.6) is 5.75 Å². The van der Waals surface area contributed by atoms with Gasteiger partial charge in [0.15, 0.2) is 0 Å². The van der Waals surface area contributed by atoms with E-state index in [1.54, 1.807) is 7.11 Å². The minimum absolute atomic E-state index is 0.0471. The number of hydrogen-bond acceptors (Lipinski definition) is 2. The van der Waals surface area contributed by atoms with Crippen molar-refractivity contribution in [3.63, 3.8) is 0 Å². The molecule has 0 atom stereocenters. The van der Waals surface area contributed by atoms with Gasteiger partial charge in [0.05, 0.1) is 7.11 Å². The van der Waals surface area contributed by atoms with Crippen LogP contribution in [-0.4, -0.2) is 13.0 Å². The summed E-state index contributed by atoms with van der Waals surface area (Å²) in [5.41, 5.74) is 5.50. The van der Waals surface area contributed by atoms with Gasteiger partial charge in [0, 0.05) is 12.1 Å². The molecule has 116 valence electrons. The number of carbonyl (C=O) groups excluding carboxylic acids is 1. The van der Waals surface area contributed by atoms with Crippen LogP contribution >= 0.6 is 0 Å². The molecule has 0 bridgehead atoms. The molecule has 0 saturated carbocycles. The van der Waals surface area contributed by atoms with Crippen LogP contribution in [-0.2, 0) is 11.2 Å². The van der Waals surface area contributed by atoms with Gasteiger partial charge in [-0.3, -0.25) is 4.79 Å². The highest BCUT2D eigenvalue weighted by molar-refractivity contribution is 5.92. The van der Waals surface area contributed by atoms with Gasteiger partial charge in [-0.15, -0.1) is 0 Å². The Morgan fingerprint density at radius 3 is 2.18 bits per heavy atom. The zero-order valence-electron chi connectivity index (χ0n) is 13.7. The summed E-state index contributed by atoms with van der Waals surface area (Å²) in [6, 6.07) is 12.0. The minimum Gasteiger partial charge on any atom is -0.497 e. The first-order valence-electron chi connectivity index (χ1n) is 7.50. The second-order valence-corrected chi connectivity index (χ2v) is 5.67. The number of aryl methyl sites for hydroxylation is 4. The largest absolute Gasteiger partial charge is 0.497 e. The Balaban J connectivity index is 1.95. The molecule has 22 heavy (non-hydrogen) atoms. The Morgan fingerprint density at radius 2 is 1.64 bits per heavy atom. The average molecular weight is 297 g/mol. The van der Waals surface area contributed by atoms with Crippen LogP contribution in [0.15, 0.2) is 36.4 Å². The molecule has 3 heteroatoms. The number of benzene rings is 2. The lowest BCUT2D eigenvalue weighted by Gasteiger charge is -2.13. The minimum atomic E-state index is 0.0471. The van der Waals surface area contributed by atoms with Gasteiger partial charge in [0.2, 0.25) is 5.91 Å². The van der Waals surface area contributed by atoms with Crippen LogP contribution in [0.1, 0.15) is 28.7 Å². The Morgan fingerprint density at radius 1 is 1.05 bits per heavy atom. The van der Waals surface area contributed by atoms with E-state index in [0.717, 1.165) is 34.5 Å². The van der Waals surface area contributed by atoms with Crippen molar-refractivity contribution in [3.05, 3.63) is 58.7 Å². The molecule has 0 aliphatic heterocycles. The molecule has 1 amide bonds. The first kappa shape index (κ1) is 16.1. The Hall–Kier alpha value is -2.29. The van der Waals surface area contributed by atoms with E-state index in [2.05, 4.69) is 24.4 Å². The van der Waals surface area contributed by atoms with Crippen molar-refractivity contribution < 1.29 is 9.53 Å². The monoisotopic (exact) mass is 297 g/mol. The third-order valence-corrected chi connectivity index (χ3v) is 3.74. The van der Waals surface area contributed by atoms with E-state index < -0.39 is 0 Å².